The maximum Gasteiger partial charge on any atom is 0.317 e. The first kappa shape index (κ1) is 17.9. The highest BCUT2D eigenvalue weighted by Gasteiger charge is 2.23. The summed E-state index contributed by atoms with van der Waals surface area (Å²) >= 11 is 0. The van der Waals surface area contributed by atoms with Gasteiger partial charge in [-0.1, -0.05) is 0 Å². The number of fused-ring (bicyclic) bond motifs is 1. The molecule has 2 heterocycles. The number of carbonyl (C=O) groups is 1. The molecule has 1 aliphatic heterocycles. The van der Waals surface area contributed by atoms with E-state index in [1.807, 2.05) is 30.0 Å². The Bertz CT molecular complexity index is 822. The van der Waals surface area contributed by atoms with Crippen molar-refractivity contribution in [2.45, 2.75) is 0 Å². The van der Waals surface area contributed by atoms with Crippen LogP contribution in [-0.2, 0) is 0 Å². The fraction of sp³-hybridized carbons (Fsp3) is 0.444. The molecule has 0 unspecified atom stereocenters. The minimum atomic E-state index is -0.0176. The zero-order valence-corrected chi connectivity index (χ0v) is 15.1. The molecule has 0 aliphatic carbocycles. The van der Waals surface area contributed by atoms with Crippen LogP contribution in [0.2, 0.25) is 0 Å². The summed E-state index contributed by atoms with van der Waals surface area (Å²) in [6.07, 6.45) is 3.24. The number of nitriles is 1. The quantitative estimate of drug-likeness (QED) is 0.878. The van der Waals surface area contributed by atoms with Crippen LogP contribution in [0, 0.1) is 11.3 Å². The lowest BCUT2D eigenvalue weighted by atomic mass is 10.1. The van der Waals surface area contributed by atoms with Crippen molar-refractivity contribution in [3.63, 3.8) is 0 Å². The number of hydrogen-bond donors (Lipinski definition) is 1. The molecule has 2 aromatic rings. The second-order valence-electron chi connectivity index (χ2n) is 6.51. The highest BCUT2D eigenvalue weighted by molar-refractivity contribution is 5.92. The van der Waals surface area contributed by atoms with Crippen LogP contribution >= 0.6 is 0 Å². The number of aromatic nitrogens is 2. The second kappa shape index (κ2) is 7.97. The molecule has 0 saturated carbocycles. The molecule has 1 saturated heterocycles. The van der Waals surface area contributed by atoms with Crippen molar-refractivity contribution < 1.29 is 4.79 Å². The van der Waals surface area contributed by atoms with Crippen molar-refractivity contribution in [2.75, 3.05) is 58.3 Å². The van der Waals surface area contributed by atoms with Crippen molar-refractivity contribution in [3.8, 4) is 6.07 Å². The van der Waals surface area contributed by atoms with Gasteiger partial charge in [0.25, 0.3) is 0 Å². The maximum absolute atomic E-state index is 12.2. The average Bonchev–Trinajstić information content (AvgIpc) is 2.67. The maximum atomic E-state index is 12.2. The molecule has 8 heteroatoms. The van der Waals surface area contributed by atoms with Crippen LogP contribution in [0.15, 0.2) is 24.5 Å². The van der Waals surface area contributed by atoms with Gasteiger partial charge in [-0.2, -0.15) is 5.26 Å². The van der Waals surface area contributed by atoms with Gasteiger partial charge in [-0.15, -0.1) is 0 Å². The van der Waals surface area contributed by atoms with E-state index >= 15 is 0 Å². The number of anilines is 1. The van der Waals surface area contributed by atoms with E-state index in [0.717, 1.165) is 30.8 Å². The summed E-state index contributed by atoms with van der Waals surface area (Å²) in [5.74, 6) is 0. The largest absolute Gasteiger partial charge is 0.366 e. The number of rotatable bonds is 4. The van der Waals surface area contributed by atoms with E-state index in [4.69, 9.17) is 0 Å². The molecule has 1 aliphatic rings. The van der Waals surface area contributed by atoms with E-state index in [2.05, 4.69) is 26.3 Å². The predicted molar refractivity (Wildman–Crippen MR) is 100.0 cm³/mol. The molecular formula is C18H23N7O. The number of nitrogens with one attached hydrogen (secondary N) is 1. The standard InChI is InChI=1S/C18H23N7O/c1-23(2)8-7-22-18(26)25-11-9-24(10-12-25)15-4-3-14(13-19)16-17(15)21-6-5-20-16/h3-6H,7-12H2,1-2H3,(H,22,26). The highest BCUT2D eigenvalue weighted by Crippen LogP contribution is 2.27. The Hall–Kier alpha value is -2.92. The lowest BCUT2D eigenvalue weighted by Crippen LogP contribution is -2.52. The number of hydrogen-bond acceptors (Lipinski definition) is 6. The molecule has 136 valence electrons. The van der Waals surface area contributed by atoms with E-state index in [1.165, 1.54) is 0 Å². The lowest BCUT2D eigenvalue weighted by molar-refractivity contribution is 0.193. The van der Waals surface area contributed by atoms with E-state index in [9.17, 15) is 10.1 Å². The Labute approximate surface area is 153 Å². The van der Waals surface area contributed by atoms with Gasteiger partial charge in [-0.25, -0.2) is 4.79 Å². The smallest absolute Gasteiger partial charge is 0.317 e. The van der Waals surface area contributed by atoms with Crippen LogP contribution in [-0.4, -0.2) is 79.2 Å². The molecule has 1 aromatic carbocycles. The summed E-state index contributed by atoms with van der Waals surface area (Å²) in [6.45, 7) is 4.20. The third-order valence-electron chi connectivity index (χ3n) is 4.47. The monoisotopic (exact) mass is 353 g/mol. The number of carbonyl (C=O) groups excluding carboxylic acids is 1. The zero-order valence-electron chi connectivity index (χ0n) is 15.1. The Morgan fingerprint density at radius 3 is 2.54 bits per heavy atom. The number of benzene rings is 1. The van der Waals surface area contributed by atoms with Gasteiger partial charge in [0.05, 0.1) is 11.3 Å². The third kappa shape index (κ3) is 3.83. The van der Waals surface area contributed by atoms with Gasteiger partial charge in [0, 0.05) is 51.7 Å². The normalized spacial score (nSPS) is 14.5. The fourth-order valence-corrected chi connectivity index (χ4v) is 3.04. The van der Waals surface area contributed by atoms with Crippen molar-refractivity contribution in [1.82, 2.24) is 25.1 Å². The molecule has 0 radical (unpaired) electrons. The molecular weight excluding hydrogens is 330 g/mol. The molecule has 3 rings (SSSR count). The molecule has 2 amide bonds. The lowest BCUT2D eigenvalue weighted by Gasteiger charge is -2.36. The van der Waals surface area contributed by atoms with Crippen molar-refractivity contribution in [2.24, 2.45) is 0 Å². The number of likely N-dealkylation sites (N-methyl/N-ethyl adjacent to an activating group) is 1. The minimum absolute atomic E-state index is 0.0176. The molecule has 0 bridgehead atoms. The summed E-state index contributed by atoms with van der Waals surface area (Å²) in [6, 6.07) is 5.85. The molecule has 1 fully saturated rings. The molecule has 1 aromatic heterocycles. The first-order valence-corrected chi connectivity index (χ1v) is 8.66. The summed E-state index contributed by atoms with van der Waals surface area (Å²) in [5, 5.41) is 12.2. The molecule has 0 spiro atoms. The third-order valence-corrected chi connectivity index (χ3v) is 4.47. The SMILES string of the molecule is CN(C)CCNC(=O)N1CCN(c2ccc(C#N)c3nccnc23)CC1. The summed E-state index contributed by atoms with van der Waals surface area (Å²) in [7, 11) is 3.96. The summed E-state index contributed by atoms with van der Waals surface area (Å²) < 4.78 is 0. The van der Waals surface area contributed by atoms with Crippen LogP contribution in [0.1, 0.15) is 5.56 Å². The van der Waals surface area contributed by atoms with Gasteiger partial charge in [-0.05, 0) is 26.2 Å². The predicted octanol–water partition coefficient (Wildman–Crippen LogP) is 0.895. The van der Waals surface area contributed by atoms with Crippen molar-refractivity contribution in [1.29, 1.82) is 5.26 Å². The van der Waals surface area contributed by atoms with E-state index in [0.29, 0.717) is 30.7 Å². The Morgan fingerprint density at radius 1 is 1.19 bits per heavy atom. The fourth-order valence-electron chi connectivity index (χ4n) is 3.04. The molecule has 1 N–H and O–H groups in total. The van der Waals surface area contributed by atoms with E-state index in [1.54, 1.807) is 18.5 Å². The van der Waals surface area contributed by atoms with Gasteiger partial charge in [0.1, 0.15) is 17.1 Å². The molecule has 8 nitrogen and oxygen atoms in total. The van der Waals surface area contributed by atoms with Crippen LogP contribution in [0.4, 0.5) is 10.5 Å². The minimum Gasteiger partial charge on any atom is -0.366 e. The first-order chi connectivity index (χ1) is 12.6. The number of nitrogens with zero attached hydrogens (tertiary/aromatic N) is 6. The van der Waals surface area contributed by atoms with Gasteiger partial charge >= 0.3 is 6.03 Å². The Morgan fingerprint density at radius 2 is 1.88 bits per heavy atom. The van der Waals surface area contributed by atoms with Crippen LogP contribution < -0.4 is 10.2 Å². The summed E-state index contributed by atoms with van der Waals surface area (Å²) in [4.78, 5) is 27.0. The van der Waals surface area contributed by atoms with Gasteiger partial charge < -0.3 is 20.0 Å². The van der Waals surface area contributed by atoms with E-state index < -0.39 is 0 Å². The first-order valence-electron chi connectivity index (χ1n) is 8.66. The topological polar surface area (TPSA) is 88.4 Å². The Balaban J connectivity index is 1.66. The van der Waals surface area contributed by atoms with Crippen LogP contribution in [0.3, 0.4) is 0 Å². The van der Waals surface area contributed by atoms with Gasteiger partial charge in [0.15, 0.2) is 0 Å². The van der Waals surface area contributed by atoms with Crippen molar-refractivity contribution >= 4 is 22.8 Å². The number of urea groups is 1. The van der Waals surface area contributed by atoms with Gasteiger partial charge in [-0.3, -0.25) is 9.97 Å². The Kier molecular flexibility index (Phi) is 5.49. The number of amides is 2. The second-order valence-corrected chi connectivity index (χ2v) is 6.51. The van der Waals surface area contributed by atoms with Crippen LogP contribution in [0.5, 0.6) is 0 Å². The highest BCUT2D eigenvalue weighted by atomic mass is 16.2. The van der Waals surface area contributed by atoms with Crippen LogP contribution in [0.25, 0.3) is 11.0 Å². The van der Waals surface area contributed by atoms with Gasteiger partial charge in [0.2, 0.25) is 0 Å². The average molecular weight is 353 g/mol. The molecule has 0 atom stereocenters. The van der Waals surface area contributed by atoms with E-state index in [-0.39, 0.29) is 6.03 Å². The summed E-state index contributed by atoms with van der Waals surface area (Å²) in [5.41, 5.74) is 2.84. The molecule has 26 heavy (non-hydrogen) atoms. The zero-order chi connectivity index (χ0) is 18.5. The number of piperazine rings is 1. The van der Waals surface area contributed by atoms with Crippen molar-refractivity contribution in [3.05, 3.63) is 30.1 Å².